The zero-order chi connectivity index (χ0) is 13.7. The summed E-state index contributed by atoms with van der Waals surface area (Å²) in [7, 11) is 0. The van der Waals surface area contributed by atoms with Crippen LogP contribution >= 0.6 is 0 Å². The number of hydrogen-bond acceptors (Lipinski definition) is 5. The molecule has 94 valence electrons. The zero-order valence-corrected chi connectivity index (χ0v) is 9.92. The van der Waals surface area contributed by atoms with E-state index in [9.17, 15) is 4.79 Å². The van der Waals surface area contributed by atoms with Gasteiger partial charge in [-0.3, -0.25) is 4.79 Å². The third kappa shape index (κ3) is 3.06. The van der Waals surface area contributed by atoms with Gasteiger partial charge in [0, 0.05) is 11.9 Å². The third-order valence-electron chi connectivity index (χ3n) is 2.42. The quantitative estimate of drug-likeness (QED) is 0.568. The van der Waals surface area contributed by atoms with Crippen LogP contribution in [0.3, 0.4) is 0 Å². The predicted octanol–water partition coefficient (Wildman–Crippen LogP) is 1.49. The molecule has 1 amide bonds. The topological polar surface area (TPSA) is 104 Å². The van der Waals surface area contributed by atoms with Gasteiger partial charge in [0.1, 0.15) is 5.82 Å². The molecule has 0 radical (unpaired) electrons. The van der Waals surface area contributed by atoms with Gasteiger partial charge in [0.05, 0.1) is 17.2 Å². The molecular formula is C13H11N5O. The van der Waals surface area contributed by atoms with Crippen LogP contribution in [0.2, 0.25) is 0 Å². The highest BCUT2D eigenvalue weighted by Gasteiger charge is 2.06. The molecule has 4 N–H and O–H groups in total. The fraction of sp³-hybridized carbons (Fsp3) is 0. The number of nitriles is 1. The van der Waals surface area contributed by atoms with E-state index in [2.05, 4.69) is 15.7 Å². The highest BCUT2D eigenvalue weighted by atomic mass is 16.1. The van der Waals surface area contributed by atoms with E-state index in [4.69, 9.17) is 11.1 Å². The number of carbonyl (C=O) groups is 1. The van der Waals surface area contributed by atoms with Crippen molar-refractivity contribution in [2.24, 2.45) is 5.84 Å². The third-order valence-corrected chi connectivity index (χ3v) is 2.42. The Kier molecular flexibility index (Phi) is 3.71. The summed E-state index contributed by atoms with van der Waals surface area (Å²) in [5.74, 6) is 5.36. The van der Waals surface area contributed by atoms with Crippen LogP contribution in [0.4, 0.5) is 11.5 Å². The molecule has 6 heteroatoms. The summed E-state index contributed by atoms with van der Waals surface area (Å²) in [4.78, 5) is 15.9. The van der Waals surface area contributed by atoms with Gasteiger partial charge in [0.2, 0.25) is 0 Å². The molecule has 0 bridgehead atoms. The second-order valence-electron chi connectivity index (χ2n) is 3.72. The first-order chi connectivity index (χ1) is 9.22. The average molecular weight is 253 g/mol. The summed E-state index contributed by atoms with van der Waals surface area (Å²) in [5.41, 5.74) is 3.83. The van der Waals surface area contributed by atoms with Gasteiger partial charge < -0.3 is 10.7 Å². The fourth-order valence-electron chi connectivity index (χ4n) is 1.48. The number of nitrogen functional groups attached to an aromatic ring is 1. The molecule has 19 heavy (non-hydrogen) atoms. The predicted molar refractivity (Wildman–Crippen MR) is 71.2 cm³/mol. The number of nitrogens with two attached hydrogens (primary N) is 1. The van der Waals surface area contributed by atoms with E-state index in [-0.39, 0.29) is 5.91 Å². The van der Waals surface area contributed by atoms with Gasteiger partial charge >= 0.3 is 0 Å². The molecule has 0 atom stereocenters. The van der Waals surface area contributed by atoms with E-state index in [1.807, 2.05) is 6.07 Å². The Hall–Kier alpha value is -2.91. The Morgan fingerprint density at radius 1 is 1.32 bits per heavy atom. The lowest BCUT2D eigenvalue weighted by Crippen LogP contribution is -2.13. The largest absolute Gasteiger partial charge is 0.322 e. The van der Waals surface area contributed by atoms with Gasteiger partial charge in [-0.2, -0.15) is 5.26 Å². The van der Waals surface area contributed by atoms with Crippen LogP contribution in [-0.2, 0) is 0 Å². The second-order valence-corrected chi connectivity index (χ2v) is 3.72. The van der Waals surface area contributed by atoms with E-state index in [1.54, 1.807) is 36.4 Å². The summed E-state index contributed by atoms with van der Waals surface area (Å²) in [6.45, 7) is 0. The molecule has 0 aliphatic rings. The maximum atomic E-state index is 11.9. The molecule has 1 heterocycles. The Bertz CT molecular complexity index is 630. The summed E-state index contributed by atoms with van der Waals surface area (Å²) in [6.07, 6.45) is 1.42. The van der Waals surface area contributed by atoms with Crippen molar-refractivity contribution in [3.05, 3.63) is 53.7 Å². The molecule has 6 nitrogen and oxygen atoms in total. The van der Waals surface area contributed by atoms with Crippen molar-refractivity contribution in [3.63, 3.8) is 0 Å². The number of hydrazine groups is 1. The van der Waals surface area contributed by atoms with E-state index in [0.29, 0.717) is 22.6 Å². The van der Waals surface area contributed by atoms with Gasteiger partial charge in [-0.15, -0.1) is 0 Å². The molecule has 1 aromatic carbocycles. The number of benzene rings is 1. The maximum absolute atomic E-state index is 11.9. The van der Waals surface area contributed by atoms with Crippen molar-refractivity contribution >= 4 is 17.4 Å². The van der Waals surface area contributed by atoms with E-state index >= 15 is 0 Å². The van der Waals surface area contributed by atoms with Crippen molar-refractivity contribution in [3.8, 4) is 6.07 Å². The summed E-state index contributed by atoms with van der Waals surface area (Å²) in [6, 6.07) is 11.9. The summed E-state index contributed by atoms with van der Waals surface area (Å²) >= 11 is 0. The molecule has 0 unspecified atom stereocenters. The van der Waals surface area contributed by atoms with E-state index < -0.39 is 0 Å². The van der Waals surface area contributed by atoms with Crippen molar-refractivity contribution < 1.29 is 4.79 Å². The number of amides is 1. The van der Waals surface area contributed by atoms with Gasteiger partial charge in [-0.25, -0.2) is 10.8 Å². The lowest BCUT2D eigenvalue weighted by Gasteiger charge is -2.05. The first-order valence-corrected chi connectivity index (χ1v) is 5.47. The van der Waals surface area contributed by atoms with E-state index in [0.717, 1.165) is 0 Å². The van der Waals surface area contributed by atoms with Crippen molar-refractivity contribution in [1.82, 2.24) is 4.98 Å². The molecule has 0 saturated carbocycles. The molecule has 2 rings (SSSR count). The van der Waals surface area contributed by atoms with Crippen LogP contribution in [0.1, 0.15) is 15.9 Å². The van der Waals surface area contributed by atoms with Crippen LogP contribution < -0.4 is 16.6 Å². The highest BCUT2D eigenvalue weighted by molar-refractivity contribution is 6.04. The SMILES string of the molecule is N#Cc1cccc(NC(=O)c2ccc(NN)nc2)c1. The average Bonchev–Trinajstić information content (AvgIpc) is 2.47. The Morgan fingerprint density at radius 2 is 2.16 bits per heavy atom. The smallest absolute Gasteiger partial charge is 0.257 e. The van der Waals surface area contributed by atoms with Gasteiger partial charge in [0.15, 0.2) is 0 Å². The Labute approximate surface area is 109 Å². The minimum Gasteiger partial charge on any atom is -0.322 e. The van der Waals surface area contributed by atoms with Gasteiger partial charge in [0.25, 0.3) is 5.91 Å². The van der Waals surface area contributed by atoms with Crippen LogP contribution in [-0.4, -0.2) is 10.9 Å². The highest BCUT2D eigenvalue weighted by Crippen LogP contribution is 2.12. The molecule has 0 aliphatic heterocycles. The lowest BCUT2D eigenvalue weighted by molar-refractivity contribution is 0.102. The number of pyridine rings is 1. The number of carbonyl (C=O) groups excluding carboxylic acids is 1. The standard InChI is InChI=1S/C13H11N5O/c14-7-9-2-1-3-11(6-9)17-13(19)10-4-5-12(18-15)16-8-10/h1-6,8H,15H2,(H,16,18)(H,17,19). The first-order valence-electron chi connectivity index (χ1n) is 5.47. The number of nitrogens with one attached hydrogen (secondary N) is 2. The van der Waals surface area contributed by atoms with Gasteiger partial charge in [-0.1, -0.05) is 6.07 Å². The first kappa shape index (κ1) is 12.5. The number of anilines is 2. The van der Waals surface area contributed by atoms with Gasteiger partial charge in [-0.05, 0) is 30.3 Å². The van der Waals surface area contributed by atoms with Crippen LogP contribution in [0.5, 0.6) is 0 Å². The van der Waals surface area contributed by atoms with Crippen molar-refractivity contribution in [2.45, 2.75) is 0 Å². The van der Waals surface area contributed by atoms with E-state index in [1.165, 1.54) is 6.20 Å². The minimum absolute atomic E-state index is 0.300. The molecule has 2 aromatic rings. The minimum atomic E-state index is -0.300. The second kappa shape index (κ2) is 5.62. The maximum Gasteiger partial charge on any atom is 0.257 e. The van der Waals surface area contributed by atoms with Crippen molar-refractivity contribution in [2.75, 3.05) is 10.7 Å². The summed E-state index contributed by atoms with van der Waals surface area (Å²) < 4.78 is 0. The molecule has 0 spiro atoms. The monoisotopic (exact) mass is 253 g/mol. The summed E-state index contributed by atoms with van der Waals surface area (Å²) in [5, 5.41) is 11.5. The van der Waals surface area contributed by atoms with Crippen LogP contribution in [0, 0.1) is 11.3 Å². The molecule has 0 aliphatic carbocycles. The lowest BCUT2D eigenvalue weighted by atomic mass is 10.2. The zero-order valence-electron chi connectivity index (χ0n) is 9.92. The molecule has 1 aromatic heterocycles. The van der Waals surface area contributed by atoms with Crippen molar-refractivity contribution in [1.29, 1.82) is 5.26 Å². The number of aromatic nitrogens is 1. The molecular weight excluding hydrogens is 242 g/mol. The number of nitrogens with zero attached hydrogens (tertiary/aromatic N) is 2. The fourth-order valence-corrected chi connectivity index (χ4v) is 1.48. The normalized spacial score (nSPS) is 9.47. The van der Waals surface area contributed by atoms with Crippen LogP contribution in [0.15, 0.2) is 42.6 Å². The Morgan fingerprint density at radius 3 is 2.79 bits per heavy atom. The van der Waals surface area contributed by atoms with Crippen LogP contribution in [0.25, 0.3) is 0 Å². The molecule has 0 saturated heterocycles. The number of rotatable bonds is 3. The Balaban J connectivity index is 2.13. The molecule has 0 fully saturated rings. The number of hydrogen-bond donors (Lipinski definition) is 3.